The normalized spacial score (nSPS) is 16.3. The Morgan fingerprint density at radius 1 is 1.19 bits per heavy atom. The highest BCUT2D eigenvalue weighted by atomic mass is 28.2. The topological polar surface area (TPSA) is 105 Å². The van der Waals surface area contributed by atoms with Gasteiger partial charge in [-0.3, -0.25) is 9.78 Å². The average Bonchev–Trinajstić information content (AvgIpc) is 3.04. The van der Waals surface area contributed by atoms with Gasteiger partial charge in [0.25, 0.3) is 0 Å². The molecular formula is C22H27N5O3Si. The molecule has 3 aromatic rings. The SMILES string of the molecule is CC(C)(C)[Si]OC(C)(C)C1(n2cc(C(=O)c3cncc(N)c3)c3cncnc32)COC1. The van der Waals surface area contributed by atoms with Gasteiger partial charge in [-0.25, -0.2) is 9.97 Å². The summed E-state index contributed by atoms with van der Waals surface area (Å²) in [4.78, 5) is 26.1. The highest BCUT2D eigenvalue weighted by Gasteiger charge is 2.54. The molecule has 4 rings (SSSR count). The molecule has 1 fully saturated rings. The van der Waals surface area contributed by atoms with Crippen LogP contribution in [0.2, 0.25) is 5.04 Å². The van der Waals surface area contributed by atoms with E-state index in [4.69, 9.17) is 14.9 Å². The lowest BCUT2D eigenvalue weighted by Gasteiger charge is -2.53. The fourth-order valence-corrected chi connectivity index (χ4v) is 4.41. The second-order valence-electron chi connectivity index (χ2n) is 9.50. The standard InChI is InChI=1S/C22H27N5O3Si/c1-20(2,3)31-30-21(4,5)22(11-29-12-22)27-10-17(16-9-25-13-26-19(16)27)18(28)14-6-15(23)8-24-7-14/h6-10,13H,11-12,23H2,1-5H3. The molecule has 31 heavy (non-hydrogen) atoms. The predicted molar refractivity (Wildman–Crippen MR) is 119 cm³/mol. The Labute approximate surface area is 184 Å². The van der Waals surface area contributed by atoms with Crippen molar-refractivity contribution in [2.24, 2.45) is 0 Å². The lowest BCUT2D eigenvalue weighted by molar-refractivity contribution is -0.184. The Kier molecular flexibility index (Phi) is 5.23. The minimum atomic E-state index is -0.549. The monoisotopic (exact) mass is 437 g/mol. The van der Waals surface area contributed by atoms with Gasteiger partial charge in [-0.1, -0.05) is 20.8 Å². The molecule has 162 valence electrons. The molecule has 1 aliphatic rings. The second-order valence-corrected chi connectivity index (χ2v) is 11.4. The first-order valence-electron chi connectivity index (χ1n) is 10.1. The number of nitrogens with two attached hydrogens (primary N) is 1. The molecule has 2 radical (unpaired) electrons. The third-order valence-electron chi connectivity index (χ3n) is 5.61. The number of ether oxygens (including phenoxy) is 1. The van der Waals surface area contributed by atoms with Gasteiger partial charge in [0.15, 0.2) is 5.78 Å². The predicted octanol–water partition coefficient (Wildman–Crippen LogP) is 3.00. The van der Waals surface area contributed by atoms with Crippen LogP contribution in [0.4, 0.5) is 5.69 Å². The third-order valence-corrected chi connectivity index (χ3v) is 6.83. The van der Waals surface area contributed by atoms with E-state index < -0.39 is 11.1 Å². The van der Waals surface area contributed by atoms with Gasteiger partial charge < -0.3 is 19.5 Å². The Balaban J connectivity index is 1.82. The zero-order valence-corrected chi connectivity index (χ0v) is 19.5. The van der Waals surface area contributed by atoms with Crippen molar-refractivity contribution in [3.63, 3.8) is 0 Å². The minimum Gasteiger partial charge on any atom is -0.409 e. The fraction of sp³-hybridized carbons (Fsp3) is 0.455. The fourth-order valence-electron chi connectivity index (χ4n) is 3.66. The number of fused-ring (bicyclic) bond motifs is 1. The van der Waals surface area contributed by atoms with Crippen LogP contribution >= 0.6 is 0 Å². The molecule has 3 aromatic heterocycles. The number of carbonyl (C=O) groups excluding carboxylic acids is 1. The van der Waals surface area contributed by atoms with E-state index >= 15 is 0 Å². The molecule has 0 amide bonds. The van der Waals surface area contributed by atoms with Crippen LogP contribution in [0, 0.1) is 0 Å². The van der Waals surface area contributed by atoms with Crippen molar-refractivity contribution in [3.8, 4) is 0 Å². The number of aromatic nitrogens is 4. The van der Waals surface area contributed by atoms with Crippen LogP contribution in [0.3, 0.4) is 0 Å². The molecule has 1 aliphatic heterocycles. The maximum atomic E-state index is 13.3. The molecular weight excluding hydrogens is 410 g/mol. The number of nitrogen functional groups attached to an aromatic ring is 1. The van der Waals surface area contributed by atoms with Crippen molar-refractivity contribution < 1.29 is 14.0 Å². The van der Waals surface area contributed by atoms with Crippen molar-refractivity contribution >= 4 is 32.3 Å². The first-order valence-corrected chi connectivity index (χ1v) is 11.0. The molecule has 2 N–H and O–H groups in total. The largest absolute Gasteiger partial charge is 0.409 e. The molecule has 8 nitrogen and oxygen atoms in total. The number of ketones is 1. The van der Waals surface area contributed by atoms with Gasteiger partial charge in [-0.2, -0.15) is 0 Å². The summed E-state index contributed by atoms with van der Waals surface area (Å²) in [5.41, 5.74) is 6.83. The van der Waals surface area contributed by atoms with Crippen molar-refractivity contribution in [1.29, 1.82) is 0 Å². The zero-order valence-electron chi connectivity index (χ0n) is 18.5. The van der Waals surface area contributed by atoms with Gasteiger partial charge in [0.05, 0.1) is 30.1 Å². The summed E-state index contributed by atoms with van der Waals surface area (Å²) in [6.45, 7) is 11.5. The van der Waals surface area contributed by atoms with Gasteiger partial charge in [0, 0.05) is 35.7 Å². The van der Waals surface area contributed by atoms with E-state index in [2.05, 4.69) is 49.6 Å². The Morgan fingerprint density at radius 3 is 2.55 bits per heavy atom. The summed E-state index contributed by atoms with van der Waals surface area (Å²) in [6, 6.07) is 1.63. The summed E-state index contributed by atoms with van der Waals surface area (Å²) in [5, 5.41) is 0.723. The van der Waals surface area contributed by atoms with Crippen molar-refractivity contribution in [2.75, 3.05) is 18.9 Å². The van der Waals surface area contributed by atoms with Crippen LogP contribution in [-0.2, 0) is 14.7 Å². The summed E-state index contributed by atoms with van der Waals surface area (Å²) in [6.07, 6.45) is 8.04. The van der Waals surface area contributed by atoms with E-state index in [1.807, 2.05) is 10.8 Å². The number of hydrogen-bond acceptors (Lipinski definition) is 7. The quantitative estimate of drug-likeness (QED) is 0.467. The number of rotatable bonds is 6. The van der Waals surface area contributed by atoms with Crippen molar-refractivity contribution in [3.05, 3.63) is 48.3 Å². The zero-order chi connectivity index (χ0) is 22.4. The van der Waals surface area contributed by atoms with Crippen molar-refractivity contribution in [1.82, 2.24) is 19.5 Å². The van der Waals surface area contributed by atoms with E-state index in [1.54, 1.807) is 12.3 Å². The highest BCUT2D eigenvalue weighted by Crippen LogP contribution is 2.43. The molecule has 0 saturated carbocycles. The summed E-state index contributed by atoms with van der Waals surface area (Å²) < 4.78 is 14.2. The molecule has 0 atom stereocenters. The molecule has 0 spiro atoms. The van der Waals surface area contributed by atoms with Gasteiger partial charge in [-0.15, -0.1) is 0 Å². The first-order chi connectivity index (χ1) is 14.5. The van der Waals surface area contributed by atoms with Crippen LogP contribution in [0.15, 0.2) is 37.2 Å². The van der Waals surface area contributed by atoms with E-state index in [0.717, 1.165) is 0 Å². The molecule has 9 heteroatoms. The average molecular weight is 438 g/mol. The van der Waals surface area contributed by atoms with Gasteiger partial charge in [0.1, 0.15) is 17.5 Å². The molecule has 0 aromatic carbocycles. The Bertz CT molecular complexity index is 1130. The van der Waals surface area contributed by atoms with E-state index in [9.17, 15) is 4.79 Å². The molecule has 0 bridgehead atoms. The molecule has 0 aliphatic carbocycles. The Hall–Kier alpha value is -2.62. The molecule has 0 unspecified atom stereocenters. The summed E-state index contributed by atoms with van der Waals surface area (Å²) in [7, 11) is 0.313. The van der Waals surface area contributed by atoms with Gasteiger partial charge in [0.2, 0.25) is 9.76 Å². The van der Waals surface area contributed by atoms with Crippen LogP contribution in [0.25, 0.3) is 11.0 Å². The van der Waals surface area contributed by atoms with E-state index in [-0.39, 0.29) is 10.8 Å². The van der Waals surface area contributed by atoms with Gasteiger partial charge in [-0.05, 0) is 25.0 Å². The minimum absolute atomic E-state index is 0.0470. The number of carbonyl (C=O) groups is 1. The van der Waals surface area contributed by atoms with E-state index in [0.29, 0.717) is 50.8 Å². The van der Waals surface area contributed by atoms with Crippen LogP contribution in [0.5, 0.6) is 0 Å². The summed E-state index contributed by atoms with van der Waals surface area (Å²) >= 11 is 0. The lowest BCUT2D eigenvalue weighted by atomic mass is 9.80. The van der Waals surface area contributed by atoms with Crippen molar-refractivity contribution in [2.45, 2.75) is 50.8 Å². The maximum Gasteiger partial charge on any atom is 0.236 e. The molecule has 1 saturated heterocycles. The van der Waals surface area contributed by atoms with E-state index in [1.165, 1.54) is 18.7 Å². The third kappa shape index (κ3) is 3.77. The van der Waals surface area contributed by atoms with Crippen LogP contribution in [0.1, 0.15) is 50.5 Å². The lowest BCUT2D eigenvalue weighted by Crippen LogP contribution is -2.65. The van der Waals surface area contributed by atoms with Crippen LogP contribution in [-0.4, -0.2) is 53.9 Å². The smallest absolute Gasteiger partial charge is 0.236 e. The summed E-state index contributed by atoms with van der Waals surface area (Å²) in [5.74, 6) is -0.177. The Morgan fingerprint density at radius 2 is 1.94 bits per heavy atom. The number of anilines is 1. The number of nitrogens with zero attached hydrogens (tertiary/aromatic N) is 4. The number of pyridine rings is 1. The van der Waals surface area contributed by atoms with Crippen LogP contribution < -0.4 is 5.73 Å². The number of hydrogen-bond donors (Lipinski definition) is 1. The maximum absolute atomic E-state index is 13.3. The first kappa shape index (κ1) is 21.6. The second kappa shape index (κ2) is 7.51. The molecule has 4 heterocycles. The highest BCUT2D eigenvalue weighted by molar-refractivity contribution is 6.31. The van der Waals surface area contributed by atoms with Gasteiger partial charge >= 0.3 is 0 Å².